The molecule has 2 amide bonds. The summed E-state index contributed by atoms with van der Waals surface area (Å²) >= 11 is 0. The molecule has 0 radical (unpaired) electrons. The van der Waals surface area contributed by atoms with E-state index >= 15 is 0 Å². The molecule has 3 rings (SSSR count). The standard InChI is InChI=1S/C19H20FN3O2/c1-13-8-14(5-6-17(13)20)10-22-19(25)15-9-18(24)23(11-15)12-16-4-2-3-7-21-16/h2-8,15H,9-12H2,1H3,(H,22,25)/t15-/m1/s1. The number of halogens is 1. The van der Waals surface area contributed by atoms with Gasteiger partial charge in [-0.3, -0.25) is 14.6 Å². The van der Waals surface area contributed by atoms with Gasteiger partial charge in [0.15, 0.2) is 0 Å². The summed E-state index contributed by atoms with van der Waals surface area (Å²) in [5, 5.41) is 2.84. The van der Waals surface area contributed by atoms with Crippen LogP contribution in [0.25, 0.3) is 0 Å². The lowest BCUT2D eigenvalue weighted by Gasteiger charge is -2.16. The number of nitrogens with one attached hydrogen (secondary N) is 1. The summed E-state index contributed by atoms with van der Waals surface area (Å²) in [7, 11) is 0. The van der Waals surface area contributed by atoms with E-state index in [-0.39, 0.29) is 30.0 Å². The van der Waals surface area contributed by atoms with E-state index in [1.165, 1.54) is 6.07 Å². The highest BCUT2D eigenvalue weighted by molar-refractivity contribution is 5.89. The Hall–Kier alpha value is -2.76. The van der Waals surface area contributed by atoms with Crippen molar-refractivity contribution < 1.29 is 14.0 Å². The molecular formula is C19H20FN3O2. The Morgan fingerprint density at radius 1 is 1.36 bits per heavy atom. The predicted octanol–water partition coefficient (Wildman–Crippen LogP) is 2.19. The Kier molecular flexibility index (Phi) is 5.07. The highest BCUT2D eigenvalue weighted by Gasteiger charge is 2.34. The van der Waals surface area contributed by atoms with Crippen LogP contribution in [0.3, 0.4) is 0 Å². The molecular weight excluding hydrogens is 321 g/mol. The first kappa shape index (κ1) is 17.1. The SMILES string of the molecule is Cc1cc(CNC(=O)[C@@H]2CC(=O)N(Cc3ccccn3)C2)ccc1F. The van der Waals surface area contributed by atoms with Gasteiger partial charge in [-0.25, -0.2) is 4.39 Å². The Bertz CT molecular complexity index is 779. The third-order valence-corrected chi connectivity index (χ3v) is 4.35. The van der Waals surface area contributed by atoms with Gasteiger partial charge in [-0.1, -0.05) is 18.2 Å². The average Bonchev–Trinajstić information content (AvgIpc) is 2.97. The molecule has 0 spiro atoms. The molecule has 2 aromatic rings. The van der Waals surface area contributed by atoms with E-state index < -0.39 is 0 Å². The van der Waals surface area contributed by atoms with Crippen molar-refractivity contribution >= 4 is 11.8 Å². The van der Waals surface area contributed by atoms with Gasteiger partial charge in [0.2, 0.25) is 11.8 Å². The molecule has 0 aliphatic carbocycles. The van der Waals surface area contributed by atoms with Crippen molar-refractivity contribution in [1.29, 1.82) is 0 Å². The van der Waals surface area contributed by atoms with E-state index in [1.54, 1.807) is 30.2 Å². The molecule has 1 fully saturated rings. The van der Waals surface area contributed by atoms with Gasteiger partial charge in [-0.05, 0) is 36.2 Å². The minimum Gasteiger partial charge on any atom is -0.352 e. The lowest BCUT2D eigenvalue weighted by atomic mass is 10.1. The number of hydrogen-bond donors (Lipinski definition) is 1. The number of likely N-dealkylation sites (tertiary alicyclic amines) is 1. The van der Waals surface area contributed by atoms with Crippen LogP contribution in [0, 0.1) is 18.7 Å². The van der Waals surface area contributed by atoms with Gasteiger partial charge in [0, 0.05) is 25.7 Å². The molecule has 1 N–H and O–H groups in total. The second-order valence-corrected chi connectivity index (χ2v) is 6.30. The summed E-state index contributed by atoms with van der Waals surface area (Å²) < 4.78 is 13.3. The number of pyridine rings is 1. The van der Waals surface area contributed by atoms with Crippen LogP contribution >= 0.6 is 0 Å². The number of aromatic nitrogens is 1. The molecule has 5 nitrogen and oxygen atoms in total. The second kappa shape index (κ2) is 7.42. The topological polar surface area (TPSA) is 62.3 Å². The zero-order chi connectivity index (χ0) is 17.8. The Balaban J connectivity index is 1.54. The summed E-state index contributed by atoms with van der Waals surface area (Å²) in [6, 6.07) is 10.3. The van der Waals surface area contributed by atoms with Crippen LogP contribution in [0.4, 0.5) is 4.39 Å². The molecule has 0 bridgehead atoms. The van der Waals surface area contributed by atoms with Crippen molar-refractivity contribution in [2.24, 2.45) is 5.92 Å². The molecule has 1 aliphatic heterocycles. The van der Waals surface area contributed by atoms with Crippen LogP contribution in [0.1, 0.15) is 23.2 Å². The molecule has 0 saturated carbocycles. The number of benzene rings is 1. The number of amides is 2. The number of carbonyl (C=O) groups excluding carboxylic acids is 2. The van der Waals surface area contributed by atoms with Crippen LogP contribution in [0.15, 0.2) is 42.6 Å². The van der Waals surface area contributed by atoms with Gasteiger partial charge < -0.3 is 10.2 Å². The molecule has 1 aromatic heterocycles. The summed E-state index contributed by atoms with van der Waals surface area (Å²) in [5.74, 6) is -0.818. The van der Waals surface area contributed by atoms with E-state index in [0.717, 1.165) is 11.3 Å². The van der Waals surface area contributed by atoms with Crippen molar-refractivity contribution in [2.45, 2.75) is 26.4 Å². The highest BCUT2D eigenvalue weighted by Crippen LogP contribution is 2.20. The molecule has 130 valence electrons. The zero-order valence-electron chi connectivity index (χ0n) is 14.0. The quantitative estimate of drug-likeness (QED) is 0.907. The number of rotatable bonds is 5. The summed E-state index contributed by atoms with van der Waals surface area (Å²) in [5.41, 5.74) is 2.19. The molecule has 1 atom stereocenters. The fourth-order valence-corrected chi connectivity index (χ4v) is 2.94. The van der Waals surface area contributed by atoms with Gasteiger partial charge in [-0.15, -0.1) is 0 Å². The van der Waals surface area contributed by atoms with Crippen LogP contribution in [-0.2, 0) is 22.7 Å². The molecule has 2 heterocycles. The Morgan fingerprint density at radius 3 is 2.92 bits per heavy atom. The van der Waals surface area contributed by atoms with E-state index in [2.05, 4.69) is 10.3 Å². The summed E-state index contributed by atoms with van der Waals surface area (Å²) in [6.45, 7) is 2.82. The first-order valence-corrected chi connectivity index (χ1v) is 8.23. The van der Waals surface area contributed by atoms with Gasteiger partial charge in [-0.2, -0.15) is 0 Å². The molecule has 0 unspecified atom stereocenters. The second-order valence-electron chi connectivity index (χ2n) is 6.30. The maximum atomic E-state index is 13.3. The largest absolute Gasteiger partial charge is 0.352 e. The van der Waals surface area contributed by atoms with E-state index in [4.69, 9.17) is 0 Å². The van der Waals surface area contributed by atoms with Gasteiger partial charge in [0.25, 0.3) is 0 Å². The molecule has 1 aliphatic rings. The molecule has 6 heteroatoms. The normalized spacial score (nSPS) is 17.0. The van der Waals surface area contributed by atoms with Crippen LogP contribution in [0.5, 0.6) is 0 Å². The van der Waals surface area contributed by atoms with E-state index in [9.17, 15) is 14.0 Å². The monoisotopic (exact) mass is 341 g/mol. The number of aryl methyl sites for hydroxylation is 1. The fourth-order valence-electron chi connectivity index (χ4n) is 2.94. The van der Waals surface area contributed by atoms with Gasteiger partial charge >= 0.3 is 0 Å². The van der Waals surface area contributed by atoms with Crippen molar-refractivity contribution in [3.63, 3.8) is 0 Å². The van der Waals surface area contributed by atoms with Gasteiger partial charge in [0.1, 0.15) is 5.82 Å². The Labute approximate surface area is 145 Å². The maximum Gasteiger partial charge on any atom is 0.225 e. The number of nitrogens with zero attached hydrogens (tertiary/aromatic N) is 2. The van der Waals surface area contributed by atoms with E-state index in [0.29, 0.717) is 25.2 Å². The Morgan fingerprint density at radius 2 is 2.20 bits per heavy atom. The van der Waals surface area contributed by atoms with Crippen molar-refractivity contribution in [3.8, 4) is 0 Å². The zero-order valence-corrected chi connectivity index (χ0v) is 14.0. The van der Waals surface area contributed by atoms with Crippen LogP contribution < -0.4 is 5.32 Å². The molecule has 1 saturated heterocycles. The first-order valence-electron chi connectivity index (χ1n) is 8.23. The third-order valence-electron chi connectivity index (χ3n) is 4.35. The van der Waals surface area contributed by atoms with Crippen molar-refractivity contribution in [1.82, 2.24) is 15.2 Å². The van der Waals surface area contributed by atoms with Crippen LogP contribution in [0.2, 0.25) is 0 Å². The highest BCUT2D eigenvalue weighted by atomic mass is 19.1. The average molecular weight is 341 g/mol. The minimum atomic E-state index is -0.363. The van der Waals surface area contributed by atoms with Crippen LogP contribution in [-0.4, -0.2) is 28.2 Å². The summed E-state index contributed by atoms with van der Waals surface area (Å²) in [6.07, 6.45) is 1.89. The van der Waals surface area contributed by atoms with Crippen molar-refractivity contribution in [3.05, 3.63) is 65.2 Å². The first-order chi connectivity index (χ1) is 12.0. The molecule has 25 heavy (non-hydrogen) atoms. The minimum absolute atomic E-state index is 0.0385. The molecule has 1 aromatic carbocycles. The third kappa shape index (κ3) is 4.21. The maximum absolute atomic E-state index is 13.3. The van der Waals surface area contributed by atoms with Gasteiger partial charge in [0.05, 0.1) is 18.2 Å². The number of hydrogen-bond acceptors (Lipinski definition) is 3. The summed E-state index contributed by atoms with van der Waals surface area (Å²) in [4.78, 5) is 30.3. The fraction of sp³-hybridized carbons (Fsp3) is 0.316. The van der Waals surface area contributed by atoms with E-state index in [1.807, 2.05) is 18.2 Å². The predicted molar refractivity (Wildman–Crippen MR) is 90.7 cm³/mol. The lowest BCUT2D eigenvalue weighted by molar-refractivity contribution is -0.129. The lowest BCUT2D eigenvalue weighted by Crippen LogP contribution is -2.32. The number of carbonyl (C=O) groups is 2. The van der Waals surface area contributed by atoms with Crippen molar-refractivity contribution in [2.75, 3.05) is 6.54 Å². The smallest absolute Gasteiger partial charge is 0.225 e.